The van der Waals surface area contributed by atoms with Crippen LogP contribution in [0.25, 0.3) is 10.8 Å². The normalized spacial score (nSPS) is 14.3. The predicted octanol–water partition coefficient (Wildman–Crippen LogP) is 5.29. The standard InChI is InChI=1S/C20H19ClNO4P/c1-15(20(23)25-14-16-8-3-2-4-9-16)22-27(21,24)26-19-13-7-11-17-10-5-6-12-18(17)19/h2-13,15H,14H2,1H3,(H,22,24)/t15-,27?/m0/s1. The van der Waals surface area contributed by atoms with Crippen molar-refractivity contribution in [2.24, 2.45) is 0 Å². The summed E-state index contributed by atoms with van der Waals surface area (Å²) in [7, 11) is 0. The first-order chi connectivity index (χ1) is 12.9. The SMILES string of the molecule is C[C@H](NP(=O)(Cl)Oc1cccc2ccccc12)C(=O)OCc1ccccc1. The summed E-state index contributed by atoms with van der Waals surface area (Å²) < 4.78 is 23.4. The van der Waals surface area contributed by atoms with Crippen LogP contribution in [0.3, 0.4) is 0 Å². The van der Waals surface area contributed by atoms with Crippen LogP contribution in [0.1, 0.15) is 12.5 Å². The van der Waals surface area contributed by atoms with Gasteiger partial charge in [-0.25, -0.2) is 9.65 Å². The molecule has 0 saturated carbocycles. The molecule has 0 aliphatic carbocycles. The van der Waals surface area contributed by atoms with Gasteiger partial charge in [-0.3, -0.25) is 4.79 Å². The lowest BCUT2D eigenvalue weighted by Crippen LogP contribution is -2.33. The van der Waals surface area contributed by atoms with E-state index in [9.17, 15) is 9.36 Å². The Hall–Kier alpha value is -2.33. The van der Waals surface area contributed by atoms with E-state index in [1.807, 2.05) is 60.7 Å². The number of carbonyl (C=O) groups is 1. The van der Waals surface area contributed by atoms with Gasteiger partial charge in [-0.05, 0) is 23.9 Å². The summed E-state index contributed by atoms with van der Waals surface area (Å²) in [5.41, 5.74) is 0.860. The number of rotatable bonds is 7. The number of hydrogen-bond donors (Lipinski definition) is 1. The van der Waals surface area contributed by atoms with Crippen molar-refractivity contribution in [1.29, 1.82) is 0 Å². The molecule has 0 saturated heterocycles. The number of ether oxygens (including phenoxy) is 1. The second-order valence-electron chi connectivity index (χ2n) is 5.99. The molecular formula is C20H19ClNO4P. The van der Waals surface area contributed by atoms with E-state index in [1.54, 1.807) is 12.1 Å². The third-order valence-corrected chi connectivity index (χ3v) is 5.52. The molecule has 3 aromatic rings. The van der Waals surface area contributed by atoms with Gasteiger partial charge >= 0.3 is 12.8 Å². The Labute approximate surface area is 162 Å². The molecule has 1 N–H and O–H groups in total. The van der Waals surface area contributed by atoms with E-state index >= 15 is 0 Å². The van der Waals surface area contributed by atoms with Gasteiger partial charge in [-0.1, -0.05) is 66.7 Å². The van der Waals surface area contributed by atoms with Gasteiger partial charge in [0.25, 0.3) is 0 Å². The maximum Gasteiger partial charge on any atom is 0.409 e. The minimum atomic E-state index is -3.80. The van der Waals surface area contributed by atoms with Gasteiger partial charge in [-0.15, -0.1) is 0 Å². The Morgan fingerprint density at radius 3 is 2.48 bits per heavy atom. The topological polar surface area (TPSA) is 64.6 Å². The number of nitrogens with one attached hydrogen (secondary N) is 1. The minimum absolute atomic E-state index is 0.127. The zero-order valence-corrected chi connectivity index (χ0v) is 16.3. The Morgan fingerprint density at radius 1 is 1.04 bits per heavy atom. The second kappa shape index (κ2) is 8.57. The molecule has 1 unspecified atom stereocenters. The Bertz CT molecular complexity index is 975. The summed E-state index contributed by atoms with van der Waals surface area (Å²) in [5, 5.41) is 4.24. The molecule has 7 heteroatoms. The molecule has 0 fully saturated rings. The van der Waals surface area contributed by atoms with Crippen LogP contribution in [0.4, 0.5) is 0 Å². The maximum absolute atomic E-state index is 12.6. The number of halogens is 1. The van der Waals surface area contributed by atoms with E-state index in [2.05, 4.69) is 5.09 Å². The summed E-state index contributed by atoms with van der Waals surface area (Å²) in [6, 6.07) is 21.3. The number of esters is 1. The molecule has 0 heterocycles. The van der Waals surface area contributed by atoms with E-state index in [0.29, 0.717) is 5.75 Å². The average Bonchev–Trinajstić information content (AvgIpc) is 2.66. The van der Waals surface area contributed by atoms with Crippen molar-refractivity contribution in [3.8, 4) is 5.75 Å². The molecule has 3 aromatic carbocycles. The fourth-order valence-corrected chi connectivity index (χ4v) is 4.26. The van der Waals surface area contributed by atoms with Crippen molar-refractivity contribution in [3.63, 3.8) is 0 Å². The zero-order valence-electron chi connectivity index (χ0n) is 14.7. The number of carbonyl (C=O) groups excluding carboxylic acids is 1. The highest BCUT2D eigenvalue weighted by molar-refractivity contribution is 7.84. The van der Waals surface area contributed by atoms with E-state index in [4.69, 9.17) is 20.5 Å². The van der Waals surface area contributed by atoms with E-state index in [-0.39, 0.29) is 6.61 Å². The Morgan fingerprint density at radius 2 is 1.70 bits per heavy atom. The number of benzene rings is 3. The molecule has 5 nitrogen and oxygen atoms in total. The molecular weight excluding hydrogens is 385 g/mol. The van der Waals surface area contributed by atoms with E-state index in [1.165, 1.54) is 6.92 Å². The Kier molecular flexibility index (Phi) is 6.17. The lowest BCUT2D eigenvalue weighted by atomic mass is 10.1. The number of fused-ring (bicyclic) bond motifs is 1. The summed E-state index contributed by atoms with van der Waals surface area (Å²) >= 11 is 6.04. The van der Waals surface area contributed by atoms with Gasteiger partial charge in [0, 0.05) is 16.6 Å². The van der Waals surface area contributed by atoms with Crippen LogP contribution in [-0.4, -0.2) is 12.0 Å². The molecule has 0 spiro atoms. The first-order valence-electron chi connectivity index (χ1n) is 8.40. The van der Waals surface area contributed by atoms with Gasteiger partial charge in [0.1, 0.15) is 18.4 Å². The van der Waals surface area contributed by atoms with Gasteiger partial charge in [-0.2, -0.15) is 0 Å². The smallest absolute Gasteiger partial charge is 0.409 e. The molecule has 0 amide bonds. The molecule has 3 rings (SSSR count). The van der Waals surface area contributed by atoms with Crippen molar-refractivity contribution in [2.45, 2.75) is 19.6 Å². The third-order valence-electron chi connectivity index (χ3n) is 3.89. The highest BCUT2D eigenvalue weighted by Gasteiger charge is 2.28. The fraction of sp³-hybridized carbons (Fsp3) is 0.150. The van der Waals surface area contributed by atoms with E-state index < -0.39 is 18.9 Å². The first kappa shape index (κ1) is 19.4. The molecule has 0 aliphatic heterocycles. The summed E-state index contributed by atoms with van der Waals surface area (Å²) in [5.74, 6) is -0.190. The van der Waals surface area contributed by atoms with Crippen molar-refractivity contribution >= 4 is 34.9 Å². The minimum Gasteiger partial charge on any atom is -0.460 e. The van der Waals surface area contributed by atoms with Crippen LogP contribution in [-0.2, 0) is 20.7 Å². The molecule has 2 atom stereocenters. The fourth-order valence-electron chi connectivity index (χ4n) is 2.57. The van der Waals surface area contributed by atoms with Crippen molar-refractivity contribution in [1.82, 2.24) is 5.09 Å². The van der Waals surface area contributed by atoms with Crippen molar-refractivity contribution in [3.05, 3.63) is 78.4 Å². The third kappa shape index (κ3) is 5.33. The largest absolute Gasteiger partial charge is 0.460 e. The van der Waals surface area contributed by atoms with Crippen LogP contribution >= 0.6 is 18.1 Å². The molecule has 0 radical (unpaired) electrons. The van der Waals surface area contributed by atoms with Gasteiger partial charge in [0.05, 0.1) is 0 Å². The summed E-state index contributed by atoms with van der Waals surface area (Å²) in [6.45, 7) is -2.15. The lowest BCUT2D eigenvalue weighted by molar-refractivity contribution is -0.146. The first-order valence-corrected chi connectivity index (χ1v) is 10.9. The summed E-state index contributed by atoms with van der Waals surface area (Å²) in [6.07, 6.45) is 0. The van der Waals surface area contributed by atoms with Crippen LogP contribution in [0, 0.1) is 0 Å². The monoisotopic (exact) mass is 403 g/mol. The summed E-state index contributed by atoms with van der Waals surface area (Å²) in [4.78, 5) is 12.1. The molecule has 0 bridgehead atoms. The van der Waals surface area contributed by atoms with E-state index in [0.717, 1.165) is 16.3 Å². The van der Waals surface area contributed by atoms with Gasteiger partial charge in [0.2, 0.25) is 0 Å². The zero-order chi connectivity index (χ0) is 19.3. The van der Waals surface area contributed by atoms with Crippen LogP contribution in [0.5, 0.6) is 5.75 Å². The molecule has 0 aromatic heterocycles. The van der Waals surface area contributed by atoms with Gasteiger partial charge in [0.15, 0.2) is 0 Å². The molecule has 140 valence electrons. The van der Waals surface area contributed by atoms with Crippen LogP contribution in [0.15, 0.2) is 72.8 Å². The van der Waals surface area contributed by atoms with Crippen LogP contribution in [0.2, 0.25) is 0 Å². The average molecular weight is 404 g/mol. The molecule has 27 heavy (non-hydrogen) atoms. The van der Waals surface area contributed by atoms with Crippen molar-refractivity contribution < 1.29 is 18.6 Å². The molecule has 0 aliphatic rings. The highest BCUT2D eigenvalue weighted by Crippen LogP contribution is 2.50. The Balaban J connectivity index is 1.63. The lowest BCUT2D eigenvalue weighted by Gasteiger charge is -2.19. The predicted molar refractivity (Wildman–Crippen MR) is 107 cm³/mol. The second-order valence-corrected chi connectivity index (χ2v) is 8.73. The van der Waals surface area contributed by atoms with Gasteiger partial charge < -0.3 is 9.26 Å². The van der Waals surface area contributed by atoms with Crippen LogP contribution < -0.4 is 9.61 Å². The highest BCUT2D eigenvalue weighted by atomic mass is 35.7. The quantitative estimate of drug-likeness (QED) is 0.429. The van der Waals surface area contributed by atoms with Crippen molar-refractivity contribution in [2.75, 3.05) is 0 Å². The maximum atomic E-state index is 12.6. The number of hydrogen-bond acceptors (Lipinski definition) is 4.